The number of benzene rings is 1. The Morgan fingerprint density at radius 2 is 2.18 bits per heavy atom. The third-order valence-electron chi connectivity index (χ3n) is 2.06. The lowest BCUT2D eigenvalue weighted by molar-refractivity contribution is 1.11. The van der Waals surface area contributed by atoms with Gasteiger partial charge >= 0.3 is 0 Å². The van der Waals surface area contributed by atoms with Gasteiger partial charge in [0.2, 0.25) is 0 Å². The van der Waals surface area contributed by atoms with Crippen molar-refractivity contribution in [1.82, 2.24) is 0 Å². The van der Waals surface area contributed by atoms with E-state index in [4.69, 9.17) is 0 Å². The topological polar surface area (TPSA) is 12.0 Å². The van der Waals surface area contributed by atoms with E-state index >= 15 is 0 Å². The molecular formula is C9H12ClN. The van der Waals surface area contributed by atoms with E-state index in [0.29, 0.717) is 0 Å². The van der Waals surface area contributed by atoms with E-state index < -0.39 is 0 Å². The van der Waals surface area contributed by atoms with E-state index in [1.54, 1.807) is 0 Å². The highest BCUT2D eigenvalue weighted by molar-refractivity contribution is 5.85. The fourth-order valence-electron chi connectivity index (χ4n) is 1.51. The second kappa shape index (κ2) is 3.14. The van der Waals surface area contributed by atoms with Crippen LogP contribution in [0.1, 0.15) is 11.1 Å². The van der Waals surface area contributed by atoms with Gasteiger partial charge in [0.15, 0.2) is 0 Å². The third-order valence-corrected chi connectivity index (χ3v) is 2.06. The van der Waals surface area contributed by atoms with Gasteiger partial charge in [-0.2, -0.15) is 0 Å². The quantitative estimate of drug-likeness (QED) is 0.629. The maximum Gasteiger partial charge on any atom is 0.0403 e. The zero-order valence-corrected chi connectivity index (χ0v) is 7.37. The molecule has 0 amide bonds. The fraction of sp³-hybridized carbons (Fsp3) is 0.333. The second-order valence-electron chi connectivity index (χ2n) is 2.79. The SMILES string of the molecule is Cc1cccc2c1NCC2.Cl. The first-order valence-corrected chi connectivity index (χ1v) is 3.70. The molecule has 0 fully saturated rings. The van der Waals surface area contributed by atoms with Crippen LogP contribution in [0.25, 0.3) is 0 Å². The van der Waals surface area contributed by atoms with E-state index in [1.165, 1.54) is 23.2 Å². The number of aryl methyl sites for hydroxylation is 1. The number of nitrogens with one attached hydrogen (secondary N) is 1. The van der Waals surface area contributed by atoms with Crippen LogP contribution >= 0.6 is 12.4 Å². The van der Waals surface area contributed by atoms with Crippen molar-refractivity contribution in [2.24, 2.45) is 0 Å². The Bertz CT molecular complexity index is 258. The molecule has 1 aliphatic heterocycles. The van der Waals surface area contributed by atoms with Crippen molar-refractivity contribution in [3.63, 3.8) is 0 Å². The van der Waals surface area contributed by atoms with Crippen molar-refractivity contribution < 1.29 is 0 Å². The lowest BCUT2D eigenvalue weighted by atomic mass is 10.1. The molecule has 1 aliphatic rings. The summed E-state index contributed by atoms with van der Waals surface area (Å²) in [6.07, 6.45) is 1.19. The Labute approximate surface area is 73.2 Å². The minimum Gasteiger partial charge on any atom is -0.384 e. The summed E-state index contributed by atoms with van der Waals surface area (Å²) >= 11 is 0. The average Bonchev–Trinajstić information content (AvgIpc) is 2.36. The van der Waals surface area contributed by atoms with Gasteiger partial charge in [-0.3, -0.25) is 0 Å². The van der Waals surface area contributed by atoms with Gasteiger partial charge in [-0.1, -0.05) is 18.2 Å². The number of halogens is 1. The van der Waals surface area contributed by atoms with E-state index in [2.05, 4.69) is 30.4 Å². The van der Waals surface area contributed by atoms with E-state index in [1.807, 2.05) is 0 Å². The summed E-state index contributed by atoms with van der Waals surface area (Å²) in [5, 5.41) is 3.37. The lowest BCUT2D eigenvalue weighted by Crippen LogP contribution is -1.92. The van der Waals surface area contributed by atoms with Gasteiger partial charge in [-0.05, 0) is 24.5 Å². The first kappa shape index (κ1) is 8.41. The van der Waals surface area contributed by atoms with Gasteiger partial charge in [-0.15, -0.1) is 12.4 Å². The molecule has 0 radical (unpaired) electrons. The van der Waals surface area contributed by atoms with Crippen LogP contribution < -0.4 is 5.32 Å². The molecule has 0 saturated heterocycles. The van der Waals surface area contributed by atoms with Crippen molar-refractivity contribution in [2.45, 2.75) is 13.3 Å². The predicted octanol–water partition coefficient (Wildman–Crippen LogP) is 2.38. The first-order chi connectivity index (χ1) is 4.88. The van der Waals surface area contributed by atoms with Crippen LogP contribution in [-0.2, 0) is 6.42 Å². The van der Waals surface area contributed by atoms with E-state index in [-0.39, 0.29) is 12.4 Å². The van der Waals surface area contributed by atoms with Crippen molar-refractivity contribution in [3.05, 3.63) is 29.3 Å². The van der Waals surface area contributed by atoms with Gasteiger partial charge in [0, 0.05) is 12.2 Å². The number of para-hydroxylation sites is 1. The molecule has 0 aliphatic carbocycles. The zero-order valence-electron chi connectivity index (χ0n) is 6.55. The van der Waals surface area contributed by atoms with Crippen molar-refractivity contribution in [3.8, 4) is 0 Å². The molecule has 0 aromatic heterocycles. The summed E-state index contributed by atoms with van der Waals surface area (Å²) in [5.41, 5.74) is 4.21. The van der Waals surface area contributed by atoms with E-state index in [0.717, 1.165) is 6.54 Å². The molecule has 0 unspecified atom stereocenters. The fourth-order valence-corrected chi connectivity index (χ4v) is 1.51. The van der Waals surface area contributed by atoms with Crippen LogP contribution in [-0.4, -0.2) is 6.54 Å². The maximum atomic E-state index is 3.37. The van der Waals surface area contributed by atoms with Gasteiger partial charge < -0.3 is 5.32 Å². The Morgan fingerprint density at radius 1 is 1.36 bits per heavy atom. The monoisotopic (exact) mass is 169 g/mol. The number of anilines is 1. The summed E-state index contributed by atoms with van der Waals surface area (Å²) in [6, 6.07) is 6.47. The van der Waals surface area contributed by atoms with Gasteiger partial charge in [0.05, 0.1) is 0 Å². The van der Waals surface area contributed by atoms with Crippen molar-refractivity contribution in [2.75, 3.05) is 11.9 Å². The Kier molecular flexibility index (Phi) is 2.40. The van der Waals surface area contributed by atoms with Crippen LogP contribution in [0.4, 0.5) is 5.69 Å². The largest absolute Gasteiger partial charge is 0.384 e. The molecule has 1 nitrogen and oxygen atoms in total. The highest BCUT2D eigenvalue weighted by Crippen LogP contribution is 2.24. The summed E-state index contributed by atoms with van der Waals surface area (Å²) in [6.45, 7) is 3.26. The predicted molar refractivity (Wildman–Crippen MR) is 50.6 cm³/mol. The average molecular weight is 170 g/mol. The van der Waals surface area contributed by atoms with Crippen molar-refractivity contribution >= 4 is 18.1 Å². The molecule has 0 saturated carbocycles. The van der Waals surface area contributed by atoms with Crippen LogP contribution in [0.5, 0.6) is 0 Å². The summed E-state index contributed by atoms with van der Waals surface area (Å²) in [7, 11) is 0. The molecule has 60 valence electrons. The van der Waals surface area contributed by atoms with Crippen LogP contribution in [0.15, 0.2) is 18.2 Å². The van der Waals surface area contributed by atoms with E-state index in [9.17, 15) is 0 Å². The minimum absolute atomic E-state index is 0. The molecule has 1 aromatic carbocycles. The number of rotatable bonds is 0. The maximum absolute atomic E-state index is 3.37. The summed E-state index contributed by atoms with van der Waals surface area (Å²) < 4.78 is 0. The normalized spacial score (nSPS) is 13.2. The standard InChI is InChI=1S/C9H11N.ClH/c1-7-3-2-4-8-5-6-10-9(7)8;/h2-4,10H,5-6H2,1H3;1H. The van der Waals surface area contributed by atoms with Gasteiger partial charge in [0.25, 0.3) is 0 Å². The Hall–Kier alpha value is -0.690. The molecule has 2 heteroatoms. The molecule has 0 spiro atoms. The molecule has 0 atom stereocenters. The lowest BCUT2D eigenvalue weighted by Gasteiger charge is -2.01. The molecule has 11 heavy (non-hydrogen) atoms. The van der Waals surface area contributed by atoms with Crippen LogP contribution in [0.3, 0.4) is 0 Å². The molecule has 1 aromatic rings. The minimum atomic E-state index is 0. The summed E-state index contributed by atoms with van der Waals surface area (Å²) in [5.74, 6) is 0. The zero-order chi connectivity index (χ0) is 6.97. The molecule has 1 heterocycles. The molecular weight excluding hydrogens is 158 g/mol. The summed E-state index contributed by atoms with van der Waals surface area (Å²) in [4.78, 5) is 0. The Morgan fingerprint density at radius 3 is 2.91 bits per heavy atom. The van der Waals surface area contributed by atoms with Crippen molar-refractivity contribution in [1.29, 1.82) is 0 Å². The van der Waals surface area contributed by atoms with Gasteiger partial charge in [-0.25, -0.2) is 0 Å². The first-order valence-electron chi connectivity index (χ1n) is 3.70. The molecule has 2 rings (SSSR count). The number of hydrogen-bond donors (Lipinski definition) is 1. The van der Waals surface area contributed by atoms with Crippen LogP contribution in [0, 0.1) is 6.92 Å². The molecule has 1 N–H and O–H groups in total. The molecule has 0 bridgehead atoms. The highest BCUT2D eigenvalue weighted by atomic mass is 35.5. The number of hydrogen-bond acceptors (Lipinski definition) is 1. The second-order valence-corrected chi connectivity index (χ2v) is 2.79. The smallest absolute Gasteiger partial charge is 0.0403 e. The van der Waals surface area contributed by atoms with Crippen LogP contribution in [0.2, 0.25) is 0 Å². The Balaban J connectivity index is 0.000000605. The number of fused-ring (bicyclic) bond motifs is 1. The highest BCUT2D eigenvalue weighted by Gasteiger charge is 2.09. The van der Waals surface area contributed by atoms with Gasteiger partial charge in [0.1, 0.15) is 0 Å². The third kappa shape index (κ3) is 1.33.